The second-order valence-corrected chi connectivity index (χ2v) is 6.94. The molecule has 1 N–H and O–H groups in total. The van der Waals surface area contributed by atoms with Crippen LogP contribution >= 0.6 is 0 Å². The van der Waals surface area contributed by atoms with Crippen LogP contribution < -0.4 is 15.1 Å². The lowest BCUT2D eigenvalue weighted by molar-refractivity contribution is -0.117. The molecule has 4 rings (SSSR count). The largest absolute Gasteiger partial charge is 0.365 e. The van der Waals surface area contributed by atoms with Crippen LogP contribution in [0.5, 0.6) is 0 Å². The number of urea groups is 1. The number of hydrogen-bond donors (Lipinski definition) is 1. The number of amides is 3. The van der Waals surface area contributed by atoms with Gasteiger partial charge in [0, 0.05) is 52.4 Å². The van der Waals surface area contributed by atoms with Crippen LogP contribution in [0.25, 0.3) is 0 Å². The van der Waals surface area contributed by atoms with Crippen LogP contribution in [0.4, 0.5) is 21.9 Å². The summed E-state index contributed by atoms with van der Waals surface area (Å²) in [5.74, 6) is 0.113. The molecular formula is C19H24N6O2. The molecule has 8 nitrogen and oxygen atoms in total. The first-order chi connectivity index (χ1) is 13.1. The van der Waals surface area contributed by atoms with Crippen LogP contribution in [0.3, 0.4) is 0 Å². The summed E-state index contributed by atoms with van der Waals surface area (Å²) >= 11 is 0. The zero-order chi connectivity index (χ0) is 18.8. The number of anilines is 3. The highest BCUT2D eigenvalue weighted by atomic mass is 16.2. The van der Waals surface area contributed by atoms with Crippen molar-refractivity contribution >= 4 is 29.0 Å². The van der Waals surface area contributed by atoms with Gasteiger partial charge >= 0.3 is 6.03 Å². The third-order valence-corrected chi connectivity index (χ3v) is 5.13. The molecule has 8 heteroatoms. The molecule has 0 aliphatic carbocycles. The molecule has 0 saturated carbocycles. The minimum absolute atomic E-state index is 0.113. The number of hydrogen-bond acceptors (Lipinski definition) is 4. The van der Waals surface area contributed by atoms with Gasteiger partial charge in [0.15, 0.2) is 0 Å². The Bertz CT molecular complexity index is 840. The average molecular weight is 368 g/mol. The minimum atomic E-state index is -0.125. The van der Waals surface area contributed by atoms with E-state index >= 15 is 0 Å². The van der Waals surface area contributed by atoms with E-state index in [9.17, 15) is 9.59 Å². The quantitative estimate of drug-likeness (QED) is 0.898. The monoisotopic (exact) mass is 368 g/mol. The molecule has 3 heterocycles. The van der Waals surface area contributed by atoms with Crippen LogP contribution in [0.1, 0.15) is 12.8 Å². The number of carbonyl (C=O) groups excluding carboxylic acids is 2. The highest BCUT2D eigenvalue weighted by molar-refractivity contribution is 6.01. The smallest absolute Gasteiger partial charge is 0.322 e. The standard InChI is InChI=1S/C19H24N6O2/c1-22-14-15(13-20-22)23-9-11-24(12-10-23)19(27)21-16-5-2-3-6-17(16)25-8-4-7-18(25)26/h2-3,5-6,13-14H,4,7-12H2,1H3,(H,21,27). The predicted molar refractivity (Wildman–Crippen MR) is 104 cm³/mol. The van der Waals surface area contributed by atoms with E-state index in [1.54, 1.807) is 9.58 Å². The van der Waals surface area contributed by atoms with Crippen molar-refractivity contribution in [2.24, 2.45) is 7.05 Å². The number of nitrogens with one attached hydrogen (secondary N) is 1. The number of benzene rings is 1. The van der Waals surface area contributed by atoms with Crippen LogP contribution in [-0.2, 0) is 11.8 Å². The first-order valence-electron chi connectivity index (χ1n) is 9.31. The molecule has 2 fully saturated rings. The Morgan fingerprint density at radius 1 is 1.11 bits per heavy atom. The molecule has 0 spiro atoms. The van der Waals surface area contributed by atoms with Gasteiger partial charge in [-0.25, -0.2) is 4.79 Å². The molecule has 2 aromatic rings. The Hall–Kier alpha value is -3.03. The SMILES string of the molecule is Cn1cc(N2CCN(C(=O)Nc3ccccc3N3CCCC3=O)CC2)cn1. The summed E-state index contributed by atoms with van der Waals surface area (Å²) in [5, 5.41) is 7.20. The topological polar surface area (TPSA) is 73.7 Å². The number of aryl methyl sites for hydroxylation is 1. The maximum absolute atomic E-state index is 12.7. The first kappa shape index (κ1) is 17.4. The highest BCUT2D eigenvalue weighted by Gasteiger charge is 2.26. The van der Waals surface area contributed by atoms with E-state index in [2.05, 4.69) is 15.3 Å². The Balaban J connectivity index is 1.40. The summed E-state index contributed by atoms with van der Waals surface area (Å²) in [4.78, 5) is 30.6. The summed E-state index contributed by atoms with van der Waals surface area (Å²) in [7, 11) is 1.90. The first-order valence-corrected chi connectivity index (χ1v) is 9.31. The third-order valence-electron chi connectivity index (χ3n) is 5.13. The van der Waals surface area contributed by atoms with E-state index in [4.69, 9.17) is 0 Å². The van der Waals surface area contributed by atoms with Crippen molar-refractivity contribution in [3.63, 3.8) is 0 Å². The van der Waals surface area contributed by atoms with Crippen molar-refractivity contribution in [1.29, 1.82) is 0 Å². The Morgan fingerprint density at radius 2 is 1.89 bits per heavy atom. The van der Waals surface area contributed by atoms with E-state index in [0.717, 1.165) is 30.9 Å². The van der Waals surface area contributed by atoms with Crippen LogP contribution in [0, 0.1) is 0 Å². The molecule has 2 saturated heterocycles. The molecule has 2 aliphatic rings. The van der Waals surface area contributed by atoms with E-state index in [1.165, 1.54) is 0 Å². The molecule has 3 amide bonds. The van der Waals surface area contributed by atoms with Crippen molar-refractivity contribution in [1.82, 2.24) is 14.7 Å². The number of rotatable bonds is 3. The number of piperazine rings is 1. The van der Waals surface area contributed by atoms with E-state index in [-0.39, 0.29) is 11.9 Å². The lowest BCUT2D eigenvalue weighted by Gasteiger charge is -2.35. The van der Waals surface area contributed by atoms with Gasteiger partial charge in [0.1, 0.15) is 0 Å². The van der Waals surface area contributed by atoms with Gasteiger partial charge in [0.25, 0.3) is 0 Å². The second-order valence-electron chi connectivity index (χ2n) is 6.94. The Kier molecular flexibility index (Phi) is 4.70. The molecule has 2 aliphatic heterocycles. The number of carbonyl (C=O) groups is 2. The van der Waals surface area contributed by atoms with E-state index < -0.39 is 0 Å². The van der Waals surface area contributed by atoms with Crippen molar-refractivity contribution in [2.75, 3.05) is 47.8 Å². The molecule has 142 valence electrons. The maximum atomic E-state index is 12.7. The van der Waals surface area contributed by atoms with Gasteiger partial charge in [0.05, 0.1) is 23.3 Å². The summed E-state index contributed by atoms with van der Waals surface area (Å²) < 4.78 is 1.78. The fourth-order valence-electron chi connectivity index (χ4n) is 3.65. The zero-order valence-corrected chi connectivity index (χ0v) is 15.5. The van der Waals surface area contributed by atoms with E-state index in [0.29, 0.717) is 31.7 Å². The molecular weight excluding hydrogens is 344 g/mol. The summed E-state index contributed by atoms with van der Waals surface area (Å²) in [6.45, 7) is 3.53. The minimum Gasteiger partial charge on any atom is -0.365 e. The third kappa shape index (κ3) is 3.60. The van der Waals surface area contributed by atoms with Crippen LogP contribution in [0.15, 0.2) is 36.7 Å². The number of aromatic nitrogens is 2. The molecule has 0 unspecified atom stereocenters. The molecule has 0 radical (unpaired) electrons. The predicted octanol–water partition coefficient (Wildman–Crippen LogP) is 1.90. The van der Waals surface area contributed by atoms with Gasteiger partial charge < -0.3 is 20.0 Å². The molecule has 0 bridgehead atoms. The molecule has 0 atom stereocenters. The molecule has 1 aromatic carbocycles. The second kappa shape index (κ2) is 7.30. The van der Waals surface area contributed by atoms with Gasteiger partial charge in [0.2, 0.25) is 5.91 Å². The van der Waals surface area contributed by atoms with Crippen molar-refractivity contribution < 1.29 is 9.59 Å². The summed E-state index contributed by atoms with van der Waals surface area (Å²) in [5.41, 5.74) is 2.55. The molecule has 27 heavy (non-hydrogen) atoms. The van der Waals surface area contributed by atoms with Gasteiger partial charge in [-0.15, -0.1) is 0 Å². The number of para-hydroxylation sites is 2. The van der Waals surface area contributed by atoms with Crippen molar-refractivity contribution in [2.45, 2.75) is 12.8 Å². The maximum Gasteiger partial charge on any atom is 0.322 e. The van der Waals surface area contributed by atoms with Gasteiger partial charge in [-0.3, -0.25) is 9.48 Å². The zero-order valence-electron chi connectivity index (χ0n) is 15.5. The lowest BCUT2D eigenvalue weighted by Crippen LogP contribution is -2.50. The fourth-order valence-corrected chi connectivity index (χ4v) is 3.65. The highest BCUT2D eigenvalue weighted by Crippen LogP contribution is 2.29. The molecule has 1 aromatic heterocycles. The Labute approximate surface area is 158 Å². The summed E-state index contributed by atoms with van der Waals surface area (Å²) in [6.07, 6.45) is 5.26. The normalized spacial score (nSPS) is 17.5. The van der Waals surface area contributed by atoms with Crippen LogP contribution in [-0.4, -0.2) is 59.3 Å². The fraction of sp³-hybridized carbons (Fsp3) is 0.421. The lowest BCUT2D eigenvalue weighted by atomic mass is 10.2. The van der Waals surface area contributed by atoms with Crippen LogP contribution in [0.2, 0.25) is 0 Å². The van der Waals surface area contributed by atoms with E-state index in [1.807, 2.05) is 48.6 Å². The Morgan fingerprint density at radius 3 is 2.56 bits per heavy atom. The van der Waals surface area contributed by atoms with Gasteiger partial charge in [-0.1, -0.05) is 12.1 Å². The van der Waals surface area contributed by atoms with Gasteiger partial charge in [-0.05, 0) is 18.6 Å². The van der Waals surface area contributed by atoms with Crippen molar-refractivity contribution in [3.8, 4) is 0 Å². The summed E-state index contributed by atoms with van der Waals surface area (Å²) in [6, 6.07) is 7.38. The van der Waals surface area contributed by atoms with Gasteiger partial charge in [-0.2, -0.15) is 5.10 Å². The number of nitrogens with zero attached hydrogens (tertiary/aromatic N) is 5. The van der Waals surface area contributed by atoms with Crippen molar-refractivity contribution in [3.05, 3.63) is 36.7 Å². The average Bonchev–Trinajstić information content (AvgIpc) is 3.30.